The first-order valence-corrected chi connectivity index (χ1v) is 10.4. The molecule has 1 aromatic heterocycles. The van der Waals surface area contributed by atoms with Crippen LogP contribution in [0.25, 0.3) is 5.69 Å². The molecular weight excluding hydrogens is 382 g/mol. The number of fused-ring (bicyclic) bond motifs is 1. The zero-order valence-corrected chi connectivity index (χ0v) is 16.5. The molecule has 0 bridgehead atoms. The van der Waals surface area contributed by atoms with E-state index in [2.05, 4.69) is 16.5 Å². The summed E-state index contributed by atoms with van der Waals surface area (Å²) in [5.74, 6) is 1.04. The van der Waals surface area contributed by atoms with Gasteiger partial charge in [-0.15, -0.1) is 0 Å². The number of carbonyl (C=O) groups is 1. The molecular formula is C20H18ClN3O2S. The molecule has 2 heterocycles. The van der Waals surface area contributed by atoms with E-state index in [4.69, 9.17) is 11.6 Å². The first-order chi connectivity index (χ1) is 12.9. The number of rotatable bonds is 3. The number of halogens is 1. The molecule has 1 aliphatic rings. The molecule has 0 spiro atoms. The molecule has 2 aromatic carbocycles. The zero-order valence-electron chi connectivity index (χ0n) is 15.0. The van der Waals surface area contributed by atoms with Crippen molar-refractivity contribution in [2.45, 2.75) is 25.4 Å². The van der Waals surface area contributed by atoms with Crippen molar-refractivity contribution in [3.8, 4) is 5.69 Å². The third-order valence-electron chi connectivity index (χ3n) is 4.60. The molecule has 0 aliphatic carbocycles. The van der Waals surface area contributed by atoms with E-state index in [-0.39, 0.29) is 5.91 Å². The van der Waals surface area contributed by atoms with E-state index in [9.17, 15) is 9.00 Å². The van der Waals surface area contributed by atoms with Crippen LogP contribution < -0.4 is 5.32 Å². The molecule has 1 unspecified atom stereocenters. The van der Waals surface area contributed by atoms with E-state index in [0.29, 0.717) is 27.9 Å². The van der Waals surface area contributed by atoms with Gasteiger partial charge < -0.3 is 5.32 Å². The molecule has 0 saturated carbocycles. The molecule has 1 N–H and O–H groups in total. The van der Waals surface area contributed by atoms with E-state index >= 15 is 0 Å². The minimum atomic E-state index is -0.989. The fraction of sp³-hybridized carbons (Fsp3) is 0.200. The molecule has 0 saturated heterocycles. The Labute approximate surface area is 164 Å². The highest BCUT2D eigenvalue weighted by molar-refractivity contribution is 7.83. The molecule has 1 amide bonds. The Hall–Kier alpha value is -2.44. The summed E-state index contributed by atoms with van der Waals surface area (Å²) in [5.41, 5.74) is 5.07. The third-order valence-corrected chi connectivity index (χ3v) is 6.14. The second-order valence-corrected chi connectivity index (χ2v) is 8.50. The normalized spacial score (nSPS) is 15.6. The second kappa shape index (κ2) is 6.94. The van der Waals surface area contributed by atoms with Crippen LogP contribution in [0.4, 0.5) is 5.82 Å². The summed E-state index contributed by atoms with van der Waals surface area (Å²) >= 11 is 6.17. The van der Waals surface area contributed by atoms with E-state index in [0.717, 1.165) is 28.1 Å². The van der Waals surface area contributed by atoms with Gasteiger partial charge in [-0.1, -0.05) is 41.4 Å². The summed E-state index contributed by atoms with van der Waals surface area (Å²) in [7, 11) is -0.989. The summed E-state index contributed by atoms with van der Waals surface area (Å²) in [6, 6.07) is 13.0. The van der Waals surface area contributed by atoms with Crippen LogP contribution in [0, 0.1) is 13.8 Å². The fourth-order valence-corrected chi connectivity index (χ4v) is 4.78. The topological polar surface area (TPSA) is 64.0 Å². The van der Waals surface area contributed by atoms with E-state index < -0.39 is 10.8 Å². The van der Waals surface area contributed by atoms with Gasteiger partial charge in [0.25, 0.3) is 5.91 Å². The lowest BCUT2D eigenvalue weighted by atomic mass is 10.1. The van der Waals surface area contributed by atoms with Gasteiger partial charge in [-0.2, -0.15) is 5.10 Å². The first-order valence-electron chi connectivity index (χ1n) is 8.53. The van der Waals surface area contributed by atoms with Crippen molar-refractivity contribution >= 4 is 34.1 Å². The van der Waals surface area contributed by atoms with Gasteiger partial charge >= 0.3 is 0 Å². The first kappa shape index (κ1) is 17.9. The van der Waals surface area contributed by atoms with Gasteiger partial charge in [0.05, 0.1) is 33.5 Å². The molecule has 0 fully saturated rings. The van der Waals surface area contributed by atoms with Crippen molar-refractivity contribution in [3.63, 3.8) is 0 Å². The van der Waals surface area contributed by atoms with Crippen molar-refractivity contribution in [2.24, 2.45) is 0 Å². The minimum absolute atomic E-state index is 0.313. The summed E-state index contributed by atoms with van der Waals surface area (Å²) < 4.78 is 13.8. The van der Waals surface area contributed by atoms with Gasteiger partial charge in [0.1, 0.15) is 5.82 Å². The molecule has 3 aromatic rings. The van der Waals surface area contributed by atoms with E-state index in [1.54, 1.807) is 28.9 Å². The van der Waals surface area contributed by atoms with Crippen LogP contribution in [0.3, 0.4) is 0 Å². The largest absolute Gasteiger partial charge is 0.306 e. The molecule has 1 atom stereocenters. The van der Waals surface area contributed by atoms with Crippen LogP contribution in [0.5, 0.6) is 0 Å². The van der Waals surface area contributed by atoms with E-state index in [1.807, 2.05) is 26.0 Å². The van der Waals surface area contributed by atoms with Crippen molar-refractivity contribution in [2.75, 3.05) is 5.32 Å². The molecule has 4 rings (SSSR count). The maximum Gasteiger partial charge on any atom is 0.258 e. The Morgan fingerprint density at radius 3 is 2.70 bits per heavy atom. The average Bonchev–Trinajstić information content (AvgIpc) is 3.12. The highest BCUT2D eigenvalue weighted by Gasteiger charge is 2.29. The summed E-state index contributed by atoms with van der Waals surface area (Å²) in [6.07, 6.45) is 0. The van der Waals surface area contributed by atoms with Gasteiger partial charge in [-0.05, 0) is 37.6 Å². The highest BCUT2D eigenvalue weighted by atomic mass is 35.5. The molecule has 7 heteroatoms. The lowest BCUT2D eigenvalue weighted by Crippen LogP contribution is -2.17. The van der Waals surface area contributed by atoms with E-state index in [1.165, 1.54) is 0 Å². The number of carbonyl (C=O) groups excluding carboxylic acids is 1. The number of amides is 1. The number of nitrogens with zero attached hydrogens (tertiary/aromatic N) is 2. The van der Waals surface area contributed by atoms with Crippen molar-refractivity contribution in [3.05, 3.63) is 75.4 Å². The predicted molar refractivity (Wildman–Crippen MR) is 108 cm³/mol. The number of hydrogen-bond donors (Lipinski definition) is 1. The van der Waals surface area contributed by atoms with Crippen LogP contribution in [0.2, 0.25) is 5.02 Å². The monoisotopic (exact) mass is 399 g/mol. The maximum absolute atomic E-state index is 12.8. The van der Waals surface area contributed by atoms with Crippen LogP contribution in [0.1, 0.15) is 32.7 Å². The Bertz CT molecular complexity index is 1090. The van der Waals surface area contributed by atoms with Gasteiger partial charge in [0.15, 0.2) is 0 Å². The van der Waals surface area contributed by atoms with Crippen molar-refractivity contribution < 1.29 is 9.00 Å². The molecule has 5 nitrogen and oxygen atoms in total. The minimum Gasteiger partial charge on any atom is -0.306 e. The summed E-state index contributed by atoms with van der Waals surface area (Å²) in [5, 5.41) is 7.98. The van der Waals surface area contributed by atoms with Gasteiger partial charge in [0, 0.05) is 16.4 Å². The predicted octanol–water partition coefficient (Wildman–Crippen LogP) is 4.16. The summed E-state index contributed by atoms with van der Waals surface area (Å²) in [4.78, 5) is 12.8. The number of anilines is 1. The second-order valence-electron chi connectivity index (χ2n) is 6.64. The van der Waals surface area contributed by atoms with Gasteiger partial charge in [-0.25, -0.2) is 4.68 Å². The molecule has 138 valence electrons. The average molecular weight is 400 g/mol. The number of aryl methyl sites for hydroxylation is 2. The Balaban J connectivity index is 1.80. The quantitative estimate of drug-likeness (QED) is 0.719. The molecule has 27 heavy (non-hydrogen) atoms. The summed E-state index contributed by atoms with van der Waals surface area (Å²) in [6.45, 7) is 4.04. The van der Waals surface area contributed by atoms with Crippen molar-refractivity contribution in [1.82, 2.24) is 9.78 Å². The lowest BCUT2D eigenvalue weighted by molar-refractivity contribution is 0.102. The fourth-order valence-electron chi connectivity index (χ4n) is 3.29. The molecule has 1 aliphatic heterocycles. The number of benzene rings is 2. The highest BCUT2D eigenvalue weighted by Crippen LogP contribution is 2.33. The number of aromatic nitrogens is 2. The smallest absolute Gasteiger partial charge is 0.258 e. The molecule has 0 radical (unpaired) electrons. The Kier molecular flexibility index (Phi) is 4.61. The Morgan fingerprint density at radius 2 is 1.96 bits per heavy atom. The van der Waals surface area contributed by atoms with Crippen LogP contribution in [-0.2, 0) is 22.3 Å². The maximum atomic E-state index is 12.8. The van der Waals surface area contributed by atoms with Gasteiger partial charge in [0.2, 0.25) is 0 Å². The third kappa shape index (κ3) is 3.31. The Morgan fingerprint density at radius 1 is 1.19 bits per heavy atom. The number of nitrogens with one attached hydrogen (secondary N) is 1. The van der Waals surface area contributed by atoms with Crippen LogP contribution >= 0.6 is 11.6 Å². The SMILES string of the molecule is Cc1ccc(-n2nc3c(c2NC(=O)c2ccccc2Cl)CS(=O)C3)c(C)c1. The van der Waals surface area contributed by atoms with Crippen LogP contribution in [-0.4, -0.2) is 19.9 Å². The van der Waals surface area contributed by atoms with Gasteiger partial charge in [-0.3, -0.25) is 9.00 Å². The zero-order chi connectivity index (χ0) is 19.1. The van der Waals surface area contributed by atoms with Crippen LogP contribution in [0.15, 0.2) is 42.5 Å². The van der Waals surface area contributed by atoms with Crippen molar-refractivity contribution in [1.29, 1.82) is 0 Å². The lowest BCUT2D eigenvalue weighted by Gasteiger charge is -2.14. The standard InChI is InChI=1S/C20H18ClN3O2S/c1-12-7-8-18(13(2)9-12)24-19(15-10-27(26)11-17(15)23-24)22-20(25)14-5-3-4-6-16(14)21/h3-9H,10-11H2,1-2H3,(H,22,25). The number of hydrogen-bond acceptors (Lipinski definition) is 3.